The predicted molar refractivity (Wildman–Crippen MR) is 81.6 cm³/mol. The molecule has 3 atom stereocenters. The molecule has 11 heteroatoms. The lowest BCUT2D eigenvalue weighted by molar-refractivity contribution is -0.0742. The largest absolute Gasteiger partial charge is 0.411 e. The van der Waals surface area contributed by atoms with Gasteiger partial charge in [-0.15, -0.1) is 0 Å². The molecule has 2 aromatic rings. The molecule has 0 spiro atoms. The fourth-order valence-corrected chi connectivity index (χ4v) is 2.59. The SMILES string of the molecule is COCCO[C@@H]1/C(=N/O)[C@@H](CO)O[C@H]1n1cnc2c(N)ncnc21. The molecule has 3 rings (SSSR count). The van der Waals surface area contributed by atoms with E-state index in [0.29, 0.717) is 17.8 Å². The standard InChI is InChI=1S/C13H18N6O5/c1-22-2-3-23-10-8(18-21)7(4-20)24-13(10)19-6-17-9-11(14)15-5-16-12(9)19/h5-7,10,13,20-21H,2-4H2,1H3,(H2,14,15,16)/b18-8+/t7-,10-,13-/m1/s1. The second kappa shape index (κ2) is 7.05. The summed E-state index contributed by atoms with van der Waals surface area (Å²) >= 11 is 0. The van der Waals surface area contributed by atoms with Gasteiger partial charge in [-0.25, -0.2) is 15.0 Å². The van der Waals surface area contributed by atoms with Crippen LogP contribution in [0.3, 0.4) is 0 Å². The quantitative estimate of drug-likeness (QED) is 0.348. The van der Waals surface area contributed by atoms with Crippen molar-refractivity contribution >= 4 is 22.7 Å². The summed E-state index contributed by atoms with van der Waals surface area (Å²) in [6, 6.07) is 0. The van der Waals surface area contributed by atoms with Gasteiger partial charge >= 0.3 is 0 Å². The van der Waals surface area contributed by atoms with Crippen LogP contribution in [0.25, 0.3) is 11.2 Å². The number of oxime groups is 1. The molecular weight excluding hydrogens is 320 g/mol. The minimum Gasteiger partial charge on any atom is -0.411 e. The number of nitrogens with zero attached hydrogens (tertiary/aromatic N) is 5. The molecule has 11 nitrogen and oxygen atoms in total. The van der Waals surface area contributed by atoms with Gasteiger partial charge in [-0.1, -0.05) is 5.16 Å². The van der Waals surface area contributed by atoms with E-state index in [4.69, 9.17) is 19.9 Å². The molecular formula is C13H18N6O5. The lowest BCUT2D eigenvalue weighted by Crippen LogP contribution is -2.32. The van der Waals surface area contributed by atoms with Crippen molar-refractivity contribution in [3.8, 4) is 0 Å². The summed E-state index contributed by atoms with van der Waals surface area (Å²) in [6.45, 7) is 0.247. The van der Waals surface area contributed by atoms with Gasteiger partial charge in [0.25, 0.3) is 0 Å². The molecule has 1 aliphatic heterocycles. The van der Waals surface area contributed by atoms with E-state index < -0.39 is 18.4 Å². The monoisotopic (exact) mass is 338 g/mol. The average molecular weight is 338 g/mol. The van der Waals surface area contributed by atoms with Crippen LogP contribution >= 0.6 is 0 Å². The number of hydrogen-bond donors (Lipinski definition) is 3. The Morgan fingerprint density at radius 1 is 1.38 bits per heavy atom. The van der Waals surface area contributed by atoms with Gasteiger partial charge in [0.2, 0.25) is 0 Å². The van der Waals surface area contributed by atoms with Crippen LogP contribution in [-0.2, 0) is 14.2 Å². The molecule has 3 heterocycles. The third-order valence-electron chi connectivity index (χ3n) is 3.71. The van der Waals surface area contributed by atoms with Crippen LogP contribution in [0.2, 0.25) is 0 Å². The van der Waals surface area contributed by atoms with Crippen molar-refractivity contribution in [2.45, 2.75) is 18.4 Å². The van der Waals surface area contributed by atoms with Crippen LogP contribution in [0.1, 0.15) is 6.23 Å². The highest BCUT2D eigenvalue weighted by atomic mass is 16.6. The summed E-state index contributed by atoms with van der Waals surface area (Å²) in [7, 11) is 1.55. The Morgan fingerprint density at radius 3 is 2.92 bits per heavy atom. The highest BCUT2D eigenvalue weighted by Gasteiger charge is 2.44. The Hall–Kier alpha value is -2.34. The van der Waals surface area contributed by atoms with E-state index in [1.165, 1.54) is 12.7 Å². The zero-order chi connectivity index (χ0) is 17.1. The Balaban J connectivity index is 1.97. The Labute approximate surface area is 136 Å². The number of nitrogens with two attached hydrogens (primary N) is 1. The summed E-state index contributed by atoms with van der Waals surface area (Å²) in [6.07, 6.45) is 0.530. The maximum atomic E-state index is 9.46. The lowest BCUT2D eigenvalue weighted by atomic mass is 10.1. The van der Waals surface area contributed by atoms with Crippen molar-refractivity contribution < 1.29 is 24.5 Å². The molecule has 0 saturated carbocycles. The van der Waals surface area contributed by atoms with Crippen LogP contribution in [0, 0.1) is 0 Å². The van der Waals surface area contributed by atoms with Crippen LogP contribution < -0.4 is 5.73 Å². The number of anilines is 1. The van der Waals surface area contributed by atoms with E-state index in [1.807, 2.05) is 0 Å². The molecule has 1 aliphatic rings. The number of aromatic nitrogens is 4. The van der Waals surface area contributed by atoms with E-state index in [0.717, 1.165) is 0 Å². The van der Waals surface area contributed by atoms with E-state index >= 15 is 0 Å². The molecule has 0 unspecified atom stereocenters. The molecule has 1 saturated heterocycles. The maximum absolute atomic E-state index is 9.46. The highest BCUT2D eigenvalue weighted by Crippen LogP contribution is 2.32. The fraction of sp³-hybridized carbons (Fsp3) is 0.538. The summed E-state index contributed by atoms with van der Waals surface area (Å²) in [5.74, 6) is 0.239. The van der Waals surface area contributed by atoms with Crippen molar-refractivity contribution in [2.24, 2.45) is 5.16 Å². The smallest absolute Gasteiger partial charge is 0.169 e. The van der Waals surface area contributed by atoms with Gasteiger partial charge in [-0.3, -0.25) is 4.57 Å². The third kappa shape index (κ3) is 2.78. The number of rotatable bonds is 6. The number of imidazole rings is 1. The molecule has 1 fully saturated rings. The number of fused-ring (bicyclic) bond motifs is 1. The Bertz CT molecular complexity index is 735. The molecule has 0 bridgehead atoms. The van der Waals surface area contributed by atoms with Gasteiger partial charge < -0.3 is 30.3 Å². The lowest BCUT2D eigenvalue weighted by Gasteiger charge is -2.20. The van der Waals surface area contributed by atoms with Gasteiger partial charge in [0.1, 0.15) is 29.8 Å². The number of methoxy groups -OCH3 is 1. The number of nitrogen functional groups attached to an aromatic ring is 1. The summed E-state index contributed by atoms with van der Waals surface area (Å²) < 4.78 is 18.0. The zero-order valence-electron chi connectivity index (χ0n) is 12.9. The van der Waals surface area contributed by atoms with Gasteiger partial charge in [0, 0.05) is 7.11 Å². The van der Waals surface area contributed by atoms with Crippen LogP contribution in [0.5, 0.6) is 0 Å². The fourth-order valence-electron chi connectivity index (χ4n) is 2.59. The van der Waals surface area contributed by atoms with E-state index in [1.54, 1.807) is 11.7 Å². The average Bonchev–Trinajstić information content (AvgIpc) is 3.16. The van der Waals surface area contributed by atoms with Crippen molar-refractivity contribution in [1.29, 1.82) is 0 Å². The number of ether oxygens (including phenoxy) is 3. The first kappa shape index (κ1) is 16.5. The second-order valence-corrected chi connectivity index (χ2v) is 5.09. The van der Waals surface area contributed by atoms with Crippen molar-refractivity contribution in [1.82, 2.24) is 19.5 Å². The topological polar surface area (TPSA) is 150 Å². The van der Waals surface area contributed by atoms with Crippen molar-refractivity contribution in [3.05, 3.63) is 12.7 Å². The molecule has 0 aliphatic carbocycles. The van der Waals surface area contributed by atoms with Crippen LogP contribution in [0.15, 0.2) is 17.8 Å². The number of hydrogen-bond acceptors (Lipinski definition) is 10. The van der Waals surface area contributed by atoms with E-state index in [2.05, 4.69) is 20.1 Å². The maximum Gasteiger partial charge on any atom is 0.169 e. The molecule has 2 aromatic heterocycles. The third-order valence-corrected chi connectivity index (χ3v) is 3.71. The van der Waals surface area contributed by atoms with Gasteiger partial charge in [0.15, 0.2) is 17.7 Å². The molecule has 0 aromatic carbocycles. The van der Waals surface area contributed by atoms with Gasteiger partial charge in [-0.05, 0) is 0 Å². The highest BCUT2D eigenvalue weighted by molar-refractivity contribution is 5.94. The first-order valence-electron chi connectivity index (χ1n) is 7.23. The Morgan fingerprint density at radius 2 is 2.21 bits per heavy atom. The minimum absolute atomic E-state index is 0.183. The van der Waals surface area contributed by atoms with E-state index in [-0.39, 0.29) is 24.7 Å². The summed E-state index contributed by atoms with van der Waals surface area (Å²) in [4.78, 5) is 12.2. The van der Waals surface area contributed by atoms with Crippen molar-refractivity contribution in [3.63, 3.8) is 0 Å². The molecule has 0 amide bonds. The first-order chi connectivity index (χ1) is 11.7. The number of aliphatic hydroxyl groups excluding tert-OH is 1. The summed E-state index contributed by atoms with van der Waals surface area (Å²) in [5, 5.41) is 22.0. The molecule has 24 heavy (non-hydrogen) atoms. The summed E-state index contributed by atoms with van der Waals surface area (Å²) in [5.41, 5.74) is 6.84. The molecule has 4 N–H and O–H groups in total. The molecule has 0 radical (unpaired) electrons. The minimum atomic E-state index is -0.802. The number of aliphatic hydroxyl groups is 1. The Kier molecular flexibility index (Phi) is 4.85. The van der Waals surface area contributed by atoms with Crippen molar-refractivity contribution in [2.75, 3.05) is 32.7 Å². The zero-order valence-corrected chi connectivity index (χ0v) is 12.9. The normalized spacial score (nSPS) is 25.8. The predicted octanol–water partition coefficient (Wildman–Crippen LogP) is -0.840. The second-order valence-electron chi connectivity index (χ2n) is 5.09. The van der Waals surface area contributed by atoms with E-state index in [9.17, 15) is 10.3 Å². The van der Waals surface area contributed by atoms with Crippen LogP contribution in [0.4, 0.5) is 5.82 Å². The first-order valence-corrected chi connectivity index (χ1v) is 7.23. The van der Waals surface area contributed by atoms with Gasteiger partial charge in [-0.2, -0.15) is 0 Å². The van der Waals surface area contributed by atoms with Gasteiger partial charge in [0.05, 0.1) is 26.1 Å². The molecule has 130 valence electrons. The van der Waals surface area contributed by atoms with Crippen LogP contribution in [-0.4, -0.2) is 74.7 Å².